The average Bonchev–Trinajstić information content (AvgIpc) is 2.41. The van der Waals surface area contributed by atoms with Crippen molar-refractivity contribution < 1.29 is 14.6 Å². The van der Waals surface area contributed by atoms with Crippen LogP contribution in [0.1, 0.15) is 39.0 Å². The minimum absolute atomic E-state index is 0.341. The largest absolute Gasteiger partial charge is 0.444 e. The highest BCUT2D eigenvalue weighted by molar-refractivity contribution is 5.67. The first-order valence-electron chi connectivity index (χ1n) is 7.20. The minimum Gasteiger partial charge on any atom is -0.444 e. The molecule has 1 heterocycles. The molecule has 0 fully saturated rings. The minimum atomic E-state index is -0.521. The fraction of sp³-hybridized carbons (Fsp3) is 0.500. The molecule has 0 unspecified atom stereocenters. The summed E-state index contributed by atoms with van der Waals surface area (Å²) >= 11 is 0. The maximum absolute atomic E-state index is 11.6. The number of nitrogens with one attached hydrogen (secondary N) is 2. The van der Waals surface area contributed by atoms with Crippen molar-refractivity contribution in [2.24, 2.45) is 0 Å². The summed E-state index contributed by atoms with van der Waals surface area (Å²) in [6.45, 7) is 11.8. The van der Waals surface area contributed by atoms with Gasteiger partial charge in [0.05, 0.1) is 17.5 Å². The van der Waals surface area contributed by atoms with E-state index < -0.39 is 17.8 Å². The van der Waals surface area contributed by atoms with Crippen LogP contribution in [0.15, 0.2) is 24.9 Å². The molecule has 6 nitrogen and oxygen atoms in total. The lowest BCUT2D eigenvalue weighted by atomic mass is 10.2. The number of rotatable bonds is 6. The summed E-state index contributed by atoms with van der Waals surface area (Å²) in [6, 6.07) is 3.64. The van der Waals surface area contributed by atoms with Crippen molar-refractivity contribution in [1.82, 2.24) is 15.6 Å². The van der Waals surface area contributed by atoms with Gasteiger partial charge in [0.1, 0.15) is 5.60 Å². The Hall–Kier alpha value is -2.08. The Morgan fingerprint density at radius 2 is 2.14 bits per heavy atom. The van der Waals surface area contributed by atoms with Crippen molar-refractivity contribution in [3.8, 4) is 0 Å². The highest BCUT2D eigenvalue weighted by Gasteiger charge is 2.15. The number of aliphatic hydroxyl groups excluding tert-OH is 1. The van der Waals surface area contributed by atoms with Gasteiger partial charge in [-0.15, -0.1) is 0 Å². The van der Waals surface area contributed by atoms with E-state index in [0.717, 1.165) is 5.56 Å². The second-order valence-electron chi connectivity index (χ2n) is 6.11. The maximum atomic E-state index is 11.6. The fourth-order valence-corrected chi connectivity index (χ4v) is 1.60. The van der Waals surface area contributed by atoms with Crippen LogP contribution in [0.2, 0.25) is 0 Å². The predicted octanol–water partition coefficient (Wildman–Crippen LogP) is 2.05. The molecule has 1 amide bonds. The molecule has 1 aromatic rings. The van der Waals surface area contributed by atoms with Crippen LogP contribution >= 0.6 is 0 Å². The van der Waals surface area contributed by atoms with E-state index in [4.69, 9.17) is 4.74 Å². The first-order valence-corrected chi connectivity index (χ1v) is 7.20. The van der Waals surface area contributed by atoms with Gasteiger partial charge in [-0.2, -0.15) is 0 Å². The molecule has 1 rings (SSSR count). The predicted molar refractivity (Wildman–Crippen MR) is 86.0 cm³/mol. The number of carbonyl (C=O) groups is 1. The van der Waals surface area contributed by atoms with Gasteiger partial charge in [-0.05, 0) is 45.4 Å². The summed E-state index contributed by atoms with van der Waals surface area (Å²) in [7, 11) is 0. The third kappa shape index (κ3) is 7.08. The molecular weight excluding hydrogens is 282 g/mol. The Kier molecular flexibility index (Phi) is 6.37. The Balaban J connectivity index is 2.57. The van der Waals surface area contributed by atoms with Gasteiger partial charge in [0.2, 0.25) is 0 Å². The lowest BCUT2D eigenvalue weighted by Crippen LogP contribution is -2.32. The quantitative estimate of drug-likeness (QED) is 0.749. The number of aliphatic hydroxyl groups is 1. The second-order valence-corrected chi connectivity index (χ2v) is 6.11. The molecule has 1 atom stereocenters. The highest BCUT2D eigenvalue weighted by Crippen LogP contribution is 2.10. The van der Waals surface area contributed by atoms with Gasteiger partial charge in [0.25, 0.3) is 0 Å². The van der Waals surface area contributed by atoms with Crippen molar-refractivity contribution in [1.29, 1.82) is 0 Å². The number of alkyl carbamates (subject to hydrolysis) is 1. The lowest BCUT2D eigenvalue weighted by Gasteiger charge is -2.19. The fourth-order valence-electron chi connectivity index (χ4n) is 1.60. The first kappa shape index (κ1) is 18.0. The zero-order chi connectivity index (χ0) is 16.8. The summed E-state index contributed by atoms with van der Waals surface area (Å²) in [5.74, 6) is 0. The molecule has 0 aliphatic carbocycles. The molecule has 3 N–H and O–H groups in total. The van der Waals surface area contributed by atoms with Gasteiger partial charge >= 0.3 is 6.09 Å². The molecule has 22 heavy (non-hydrogen) atoms. The van der Waals surface area contributed by atoms with Gasteiger partial charge in [0, 0.05) is 19.3 Å². The third-order valence-electron chi connectivity index (χ3n) is 2.58. The monoisotopic (exact) mass is 307 g/mol. The van der Waals surface area contributed by atoms with Crippen LogP contribution in [0.5, 0.6) is 0 Å². The zero-order valence-electron chi connectivity index (χ0n) is 13.6. The van der Waals surface area contributed by atoms with E-state index in [1.807, 2.05) is 32.9 Å². The van der Waals surface area contributed by atoms with Gasteiger partial charge in [-0.25, -0.2) is 4.79 Å². The number of hydrogen-bond donors (Lipinski definition) is 3. The van der Waals surface area contributed by atoms with Gasteiger partial charge in [0.15, 0.2) is 0 Å². The van der Waals surface area contributed by atoms with Crippen LogP contribution in [0.3, 0.4) is 0 Å². The van der Waals surface area contributed by atoms with Crippen LogP contribution in [0.25, 0.3) is 5.70 Å². The molecule has 6 heteroatoms. The third-order valence-corrected chi connectivity index (χ3v) is 2.58. The van der Waals surface area contributed by atoms with Crippen LogP contribution in [0.4, 0.5) is 4.79 Å². The van der Waals surface area contributed by atoms with Gasteiger partial charge in [-0.1, -0.05) is 6.58 Å². The first-order chi connectivity index (χ1) is 10.2. The summed E-state index contributed by atoms with van der Waals surface area (Å²) in [5, 5.41) is 15.0. The molecule has 0 aliphatic heterocycles. The van der Waals surface area contributed by atoms with Crippen LogP contribution in [-0.2, 0) is 11.3 Å². The van der Waals surface area contributed by atoms with Crippen molar-refractivity contribution in [2.75, 3.05) is 6.54 Å². The van der Waals surface area contributed by atoms with E-state index in [1.165, 1.54) is 0 Å². The molecule has 0 aliphatic rings. The highest BCUT2D eigenvalue weighted by atomic mass is 16.6. The van der Waals surface area contributed by atoms with Gasteiger partial charge in [-0.3, -0.25) is 4.98 Å². The van der Waals surface area contributed by atoms with Crippen LogP contribution < -0.4 is 10.6 Å². The van der Waals surface area contributed by atoms with Crippen molar-refractivity contribution in [3.05, 3.63) is 36.2 Å². The molecule has 122 valence electrons. The standard InChI is InChI=1S/C16H25N3O3/c1-11(20)9-18-12(2)14-8-13(6-7-17-14)10-19-15(21)22-16(3,4)5/h6-8,11,18,20H,2,9-10H2,1,3-5H3,(H,19,21)/t11-/m0/s1. The molecular formula is C16H25N3O3. The number of carbonyl (C=O) groups excluding carboxylic acids is 1. The Labute approximate surface area is 131 Å². The van der Waals surface area contributed by atoms with E-state index in [9.17, 15) is 9.90 Å². The second kappa shape index (κ2) is 7.79. The smallest absolute Gasteiger partial charge is 0.407 e. The van der Waals surface area contributed by atoms with E-state index in [0.29, 0.717) is 24.5 Å². The molecule has 0 aromatic carbocycles. The molecule has 1 aromatic heterocycles. The Bertz CT molecular complexity index is 522. The van der Waals surface area contributed by atoms with Crippen LogP contribution in [0, 0.1) is 0 Å². The molecule has 0 bridgehead atoms. The molecule has 0 spiro atoms. The van der Waals surface area contributed by atoms with E-state index >= 15 is 0 Å². The lowest BCUT2D eigenvalue weighted by molar-refractivity contribution is 0.0523. The summed E-state index contributed by atoms with van der Waals surface area (Å²) in [4.78, 5) is 15.8. The van der Waals surface area contributed by atoms with Gasteiger partial charge < -0.3 is 20.5 Å². The summed E-state index contributed by atoms with van der Waals surface area (Å²) in [5.41, 5.74) is 1.66. The summed E-state index contributed by atoms with van der Waals surface area (Å²) in [6.07, 6.45) is 0.724. The van der Waals surface area contributed by atoms with E-state index in [-0.39, 0.29) is 0 Å². The van der Waals surface area contributed by atoms with Crippen molar-refractivity contribution in [2.45, 2.75) is 45.9 Å². The summed E-state index contributed by atoms with van der Waals surface area (Å²) < 4.78 is 5.18. The molecule has 0 saturated heterocycles. The number of aromatic nitrogens is 1. The number of pyridine rings is 1. The SMILES string of the molecule is C=C(NC[C@H](C)O)c1cc(CNC(=O)OC(C)(C)C)ccn1. The normalized spacial score (nSPS) is 12.4. The van der Waals surface area contributed by atoms with Crippen molar-refractivity contribution >= 4 is 11.8 Å². The van der Waals surface area contributed by atoms with Crippen LogP contribution in [-0.4, -0.2) is 34.4 Å². The van der Waals surface area contributed by atoms with E-state index in [2.05, 4.69) is 22.2 Å². The Morgan fingerprint density at radius 3 is 2.73 bits per heavy atom. The maximum Gasteiger partial charge on any atom is 0.407 e. The zero-order valence-corrected chi connectivity index (χ0v) is 13.6. The number of ether oxygens (including phenoxy) is 1. The van der Waals surface area contributed by atoms with E-state index in [1.54, 1.807) is 13.1 Å². The molecule has 0 saturated carbocycles. The average molecular weight is 307 g/mol. The Morgan fingerprint density at radius 1 is 1.45 bits per heavy atom. The van der Waals surface area contributed by atoms with Crippen molar-refractivity contribution in [3.63, 3.8) is 0 Å². The number of hydrogen-bond acceptors (Lipinski definition) is 5. The molecule has 0 radical (unpaired) electrons. The number of nitrogens with zero attached hydrogens (tertiary/aromatic N) is 1. The topological polar surface area (TPSA) is 83.5 Å². The number of amides is 1.